The lowest BCUT2D eigenvalue weighted by Gasteiger charge is -2.43. The number of pyridine rings is 1. The zero-order chi connectivity index (χ0) is 30.3. The molecule has 5 aliphatic heterocycles. The molecule has 2 unspecified atom stereocenters. The highest BCUT2D eigenvalue weighted by Crippen LogP contribution is 2.44. The highest BCUT2D eigenvalue weighted by atomic mass is 19.1. The third-order valence-corrected chi connectivity index (χ3v) is 11.0. The van der Waals surface area contributed by atoms with Crippen LogP contribution in [0.5, 0.6) is 11.8 Å². The van der Waals surface area contributed by atoms with Crippen LogP contribution in [0.1, 0.15) is 38.5 Å². The summed E-state index contributed by atoms with van der Waals surface area (Å²) in [5, 5.41) is 15.4. The number of nitrogens with one attached hydrogen (secondary N) is 1. The Morgan fingerprint density at radius 1 is 1.09 bits per heavy atom. The monoisotopic (exact) mass is 612 g/mol. The first-order valence-electron chi connectivity index (χ1n) is 16.0. The number of rotatable bonds is 5. The summed E-state index contributed by atoms with van der Waals surface area (Å²) in [6.45, 7) is 4.25. The van der Waals surface area contributed by atoms with Crippen LogP contribution in [0.2, 0.25) is 0 Å². The van der Waals surface area contributed by atoms with Gasteiger partial charge in [0.25, 0.3) is 0 Å². The van der Waals surface area contributed by atoms with E-state index < -0.39 is 5.82 Å². The fourth-order valence-corrected chi connectivity index (χ4v) is 8.82. The topological polar surface area (TPSA) is 113 Å². The second kappa shape index (κ2) is 9.85. The quantitative estimate of drug-likeness (QED) is 0.315. The molecule has 2 aromatic carbocycles. The zero-order valence-electron chi connectivity index (χ0n) is 24.9. The van der Waals surface area contributed by atoms with Gasteiger partial charge in [0.15, 0.2) is 12.5 Å². The van der Waals surface area contributed by atoms with Gasteiger partial charge in [0, 0.05) is 24.6 Å². The number of benzene rings is 2. The number of amides is 1. The van der Waals surface area contributed by atoms with E-state index in [-0.39, 0.29) is 46.7 Å². The van der Waals surface area contributed by atoms with Gasteiger partial charge in [0.05, 0.1) is 24.0 Å². The molecule has 2 aromatic heterocycles. The Kier molecular flexibility index (Phi) is 5.92. The number of nitrogens with zero attached hydrogens (tertiary/aromatic N) is 6. The number of phenols is 1. The standard InChI is InChI=1S/C33H34FN7O4/c34-27-28(25-14-23(42)13-20-5-1-2-6-24(20)25)35-15-26-29(27)37-31(44-18-33-9-3-11-40(33)12-4-10-33)38-30(26)39-16-21-7-8-22(17-39)41(21)19-36-32(43)45-41/h1-2,5-6,13-15,21-22H,3-4,7-12,16-19H2,(H-,36,42,43)/p+1. The molecule has 1 spiro atoms. The first kappa shape index (κ1) is 27.1. The number of hydrogen-bond acceptors (Lipinski definition) is 9. The fourth-order valence-electron chi connectivity index (χ4n) is 8.82. The number of halogens is 1. The van der Waals surface area contributed by atoms with Gasteiger partial charge in [-0.05, 0) is 61.7 Å². The van der Waals surface area contributed by atoms with Gasteiger partial charge in [-0.1, -0.05) is 24.3 Å². The molecule has 5 fully saturated rings. The summed E-state index contributed by atoms with van der Waals surface area (Å²) < 4.78 is 23.5. The lowest BCUT2D eigenvalue weighted by molar-refractivity contribution is -1.11. The van der Waals surface area contributed by atoms with Crippen LogP contribution in [0.25, 0.3) is 32.9 Å². The van der Waals surface area contributed by atoms with Crippen LogP contribution in [-0.4, -0.2) is 92.8 Å². The van der Waals surface area contributed by atoms with Crippen LogP contribution >= 0.6 is 0 Å². The minimum atomic E-state index is -0.584. The SMILES string of the molecule is O=C1NC[N+]2(O1)C1CCC2CN(c2nc(OCC34CCCN3CCC4)nc3c(F)c(-c4cc(O)cc5ccccc45)ncc23)C1. The third-order valence-electron chi connectivity index (χ3n) is 11.0. The van der Waals surface area contributed by atoms with E-state index in [0.29, 0.717) is 47.8 Å². The Balaban J connectivity index is 1.15. The van der Waals surface area contributed by atoms with Crippen molar-refractivity contribution < 1.29 is 28.5 Å². The van der Waals surface area contributed by atoms with Crippen LogP contribution < -0.4 is 15.0 Å². The number of carbonyl (C=O) groups is 1. The van der Waals surface area contributed by atoms with Gasteiger partial charge in [0.1, 0.15) is 41.5 Å². The van der Waals surface area contributed by atoms with E-state index in [2.05, 4.69) is 25.1 Å². The van der Waals surface area contributed by atoms with Crippen LogP contribution in [0.3, 0.4) is 0 Å². The molecular weight excluding hydrogens is 577 g/mol. The number of piperazine rings is 1. The number of anilines is 1. The van der Waals surface area contributed by atoms with E-state index >= 15 is 4.39 Å². The van der Waals surface area contributed by atoms with Gasteiger partial charge in [-0.25, -0.2) is 14.0 Å². The van der Waals surface area contributed by atoms with Crippen molar-refractivity contribution in [3.63, 3.8) is 0 Å². The maximum atomic E-state index is 16.8. The molecule has 11 nitrogen and oxygen atoms in total. The Labute approximate surface area is 259 Å². The summed E-state index contributed by atoms with van der Waals surface area (Å²) in [4.78, 5) is 36.8. The highest BCUT2D eigenvalue weighted by Gasteiger charge is 2.61. The van der Waals surface area contributed by atoms with Crippen molar-refractivity contribution in [1.29, 1.82) is 0 Å². The number of phenolic OH excluding ortho intramolecular Hbond substituents is 1. The van der Waals surface area contributed by atoms with Crippen LogP contribution in [0, 0.1) is 5.82 Å². The van der Waals surface area contributed by atoms with E-state index in [0.717, 1.165) is 62.4 Å². The molecule has 5 aliphatic rings. The van der Waals surface area contributed by atoms with Crippen molar-refractivity contribution in [2.24, 2.45) is 0 Å². The molecule has 0 radical (unpaired) electrons. The first-order valence-corrected chi connectivity index (χ1v) is 16.0. The lowest BCUT2D eigenvalue weighted by Crippen LogP contribution is -2.65. The average molecular weight is 613 g/mol. The van der Waals surface area contributed by atoms with Gasteiger partial charge in [-0.2, -0.15) is 9.97 Å². The lowest BCUT2D eigenvalue weighted by atomic mass is 9.95. The molecule has 2 bridgehead atoms. The van der Waals surface area contributed by atoms with Gasteiger partial charge in [-0.3, -0.25) is 15.2 Å². The summed E-state index contributed by atoms with van der Waals surface area (Å²) in [5.41, 5.74) is 0.717. The molecule has 5 saturated heterocycles. The molecule has 9 rings (SSSR count). The number of carbonyl (C=O) groups excluding carboxylic acids is 1. The number of hydroxylamine groups is 3. The van der Waals surface area contributed by atoms with Gasteiger partial charge >= 0.3 is 12.1 Å². The first-order chi connectivity index (χ1) is 21.9. The van der Waals surface area contributed by atoms with Gasteiger partial charge < -0.3 is 14.7 Å². The molecule has 0 aliphatic carbocycles. The maximum absolute atomic E-state index is 16.8. The maximum Gasteiger partial charge on any atom is 0.466 e. The number of aromatic hydroxyl groups is 1. The van der Waals surface area contributed by atoms with E-state index in [1.807, 2.05) is 24.3 Å². The smallest absolute Gasteiger partial charge is 0.466 e. The zero-order valence-corrected chi connectivity index (χ0v) is 24.9. The number of quaternary nitrogens is 1. The minimum absolute atomic E-state index is 0.0195. The van der Waals surface area contributed by atoms with Crippen molar-refractivity contribution in [2.75, 3.05) is 44.4 Å². The van der Waals surface area contributed by atoms with Crippen molar-refractivity contribution in [2.45, 2.75) is 56.1 Å². The number of hydrogen-bond donors (Lipinski definition) is 2. The minimum Gasteiger partial charge on any atom is -0.508 e. The van der Waals surface area contributed by atoms with Gasteiger partial charge in [0.2, 0.25) is 0 Å². The van der Waals surface area contributed by atoms with E-state index in [1.54, 1.807) is 18.3 Å². The predicted molar refractivity (Wildman–Crippen MR) is 164 cm³/mol. The summed E-state index contributed by atoms with van der Waals surface area (Å²) in [5.74, 6) is 0.0286. The summed E-state index contributed by atoms with van der Waals surface area (Å²) in [7, 11) is 0. The van der Waals surface area contributed by atoms with Crippen LogP contribution in [-0.2, 0) is 4.84 Å². The van der Waals surface area contributed by atoms with Crippen LogP contribution in [0.15, 0.2) is 42.6 Å². The summed E-state index contributed by atoms with van der Waals surface area (Å²) >= 11 is 0. The molecule has 0 saturated carbocycles. The molecule has 7 heterocycles. The van der Waals surface area contributed by atoms with Gasteiger partial charge in [-0.15, -0.1) is 4.65 Å². The fraction of sp³-hybridized carbons (Fsp3) is 0.455. The highest BCUT2D eigenvalue weighted by molar-refractivity contribution is 5.99. The Morgan fingerprint density at radius 2 is 1.87 bits per heavy atom. The van der Waals surface area contributed by atoms with Crippen LogP contribution in [0.4, 0.5) is 15.0 Å². The molecule has 1 amide bonds. The molecule has 4 aromatic rings. The molecule has 2 atom stereocenters. The summed E-state index contributed by atoms with van der Waals surface area (Å²) in [6, 6.07) is 11.0. The summed E-state index contributed by atoms with van der Waals surface area (Å²) in [6.07, 6.45) is 7.53. The number of aromatic nitrogens is 3. The van der Waals surface area contributed by atoms with Crippen molar-refractivity contribution in [3.8, 4) is 23.0 Å². The van der Waals surface area contributed by atoms with Crippen molar-refractivity contribution in [1.82, 2.24) is 25.2 Å². The normalized spacial score (nSPS) is 27.0. The second-order valence-electron chi connectivity index (χ2n) is 13.3. The molecular formula is C33H35FN7O4+. The number of ether oxygens (including phenoxy) is 1. The molecule has 12 heteroatoms. The molecule has 45 heavy (non-hydrogen) atoms. The third kappa shape index (κ3) is 4.08. The van der Waals surface area contributed by atoms with Crippen molar-refractivity contribution in [3.05, 3.63) is 48.4 Å². The van der Waals surface area contributed by atoms with E-state index in [1.165, 1.54) is 0 Å². The Hall–Kier alpha value is -4.29. The second-order valence-corrected chi connectivity index (χ2v) is 13.3. The molecule has 2 N–H and O–H groups in total. The average Bonchev–Trinajstić information content (AvgIpc) is 3.77. The predicted octanol–water partition coefficient (Wildman–Crippen LogP) is 4.48. The Morgan fingerprint density at radius 3 is 2.62 bits per heavy atom. The van der Waals surface area contributed by atoms with E-state index in [9.17, 15) is 9.90 Å². The Bertz CT molecular complexity index is 1850. The van der Waals surface area contributed by atoms with E-state index in [4.69, 9.17) is 14.6 Å². The molecule has 232 valence electrons. The number of fused-ring (bicyclic) bond motifs is 3. The van der Waals surface area contributed by atoms with Crippen molar-refractivity contribution >= 4 is 33.6 Å². The largest absolute Gasteiger partial charge is 0.508 e.